The second-order valence-corrected chi connectivity index (χ2v) is 10.4. The molecule has 0 atom stereocenters. The summed E-state index contributed by atoms with van der Waals surface area (Å²) in [6, 6.07) is 6.39. The van der Waals surface area contributed by atoms with E-state index in [1.807, 2.05) is 23.1 Å². The van der Waals surface area contributed by atoms with Crippen LogP contribution in [0.5, 0.6) is 0 Å². The Hall–Kier alpha value is -2.36. The van der Waals surface area contributed by atoms with Gasteiger partial charge in [-0.2, -0.15) is 0 Å². The van der Waals surface area contributed by atoms with Gasteiger partial charge in [-0.15, -0.1) is 24.0 Å². The highest BCUT2D eigenvalue weighted by Crippen LogP contribution is 2.39. The van der Waals surface area contributed by atoms with Gasteiger partial charge < -0.3 is 20.9 Å². The van der Waals surface area contributed by atoms with E-state index in [4.69, 9.17) is 5.73 Å². The van der Waals surface area contributed by atoms with Gasteiger partial charge in [0.15, 0.2) is 0 Å². The number of nitrogens with two attached hydrogens (primary N) is 1. The lowest BCUT2D eigenvalue weighted by Gasteiger charge is -2.33. The molecule has 1 amide bonds. The van der Waals surface area contributed by atoms with Crippen molar-refractivity contribution in [3.8, 4) is 0 Å². The summed E-state index contributed by atoms with van der Waals surface area (Å²) < 4.78 is 0. The Balaban J connectivity index is 0.000000200. The molecule has 7 nitrogen and oxygen atoms in total. The van der Waals surface area contributed by atoms with Crippen LogP contribution in [-0.2, 0) is 17.6 Å². The molecule has 0 saturated carbocycles. The Morgan fingerprint density at radius 3 is 2.67 bits per heavy atom. The first-order valence-electron chi connectivity index (χ1n) is 11.4. The number of hydrogen-bond donors (Lipinski definition) is 3. The molecule has 5 rings (SSSR count). The van der Waals surface area contributed by atoms with Crippen molar-refractivity contribution >= 4 is 57.8 Å². The first-order valence-corrected chi connectivity index (χ1v) is 12.7. The maximum Gasteiger partial charge on any atom is 0.209 e. The van der Waals surface area contributed by atoms with Gasteiger partial charge in [0.1, 0.15) is 17.0 Å². The zero-order valence-corrected chi connectivity index (χ0v) is 21.0. The minimum atomic E-state index is 0.672. The van der Waals surface area contributed by atoms with Gasteiger partial charge in [-0.3, -0.25) is 4.79 Å². The molecule has 33 heavy (non-hydrogen) atoms. The molecule has 0 unspecified atom stereocenters. The summed E-state index contributed by atoms with van der Waals surface area (Å²) in [6.07, 6.45) is 9.62. The van der Waals surface area contributed by atoms with E-state index in [1.54, 1.807) is 17.7 Å². The summed E-state index contributed by atoms with van der Waals surface area (Å²) in [5.74, 6) is 0.877. The zero-order chi connectivity index (χ0) is 23.4. The molecule has 0 spiro atoms. The average molecular weight is 485 g/mol. The van der Waals surface area contributed by atoms with Crippen molar-refractivity contribution in [2.24, 2.45) is 0 Å². The number of nitrogen functional groups attached to an aromatic ring is 1. The predicted octanol–water partition coefficient (Wildman–Crippen LogP) is 4.35. The van der Waals surface area contributed by atoms with Gasteiger partial charge in [0.25, 0.3) is 0 Å². The number of amides is 1. The summed E-state index contributed by atoms with van der Waals surface area (Å²) in [7, 11) is 4.20. The third-order valence-electron chi connectivity index (χ3n) is 6.42. The van der Waals surface area contributed by atoms with Gasteiger partial charge in [-0.1, -0.05) is 0 Å². The molecule has 1 aliphatic heterocycles. The first-order chi connectivity index (χ1) is 16.0. The maximum absolute atomic E-state index is 10.3. The number of rotatable bonds is 4. The van der Waals surface area contributed by atoms with Crippen LogP contribution in [0.3, 0.4) is 0 Å². The van der Waals surface area contributed by atoms with E-state index >= 15 is 0 Å². The van der Waals surface area contributed by atoms with E-state index < -0.39 is 0 Å². The van der Waals surface area contributed by atoms with Crippen LogP contribution in [0.1, 0.15) is 36.1 Å². The zero-order valence-electron chi connectivity index (χ0n) is 19.3. The van der Waals surface area contributed by atoms with E-state index in [-0.39, 0.29) is 0 Å². The van der Waals surface area contributed by atoms with E-state index in [1.165, 1.54) is 35.1 Å². The van der Waals surface area contributed by atoms with Gasteiger partial charge in [-0.25, -0.2) is 9.97 Å². The summed E-state index contributed by atoms with van der Waals surface area (Å²) >= 11 is 6.18. The van der Waals surface area contributed by atoms with Crippen LogP contribution in [0.4, 0.5) is 17.2 Å². The smallest absolute Gasteiger partial charge is 0.209 e. The van der Waals surface area contributed by atoms with Crippen molar-refractivity contribution in [1.29, 1.82) is 0 Å². The molecule has 3 heterocycles. The van der Waals surface area contributed by atoms with Crippen molar-refractivity contribution in [3.63, 3.8) is 0 Å². The Morgan fingerprint density at radius 1 is 1.21 bits per heavy atom. The van der Waals surface area contributed by atoms with Crippen LogP contribution >= 0.6 is 24.0 Å². The predicted molar refractivity (Wildman–Crippen MR) is 140 cm³/mol. The number of anilines is 3. The van der Waals surface area contributed by atoms with Crippen LogP contribution in [0.25, 0.3) is 10.2 Å². The van der Waals surface area contributed by atoms with E-state index in [0.717, 1.165) is 60.0 Å². The van der Waals surface area contributed by atoms with E-state index in [9.17, 15) is 4.79 Å². The minimum absolute atomic E-state index is 0.672. The SMILES string of the molecule is CN(C)C1CCN(C=O)CC1.Nc1ccc(Nc2ncnc3sc4c(c23)CCCC4)cc1S. The fourth-order valence-corrected chi connectivity index (χ4v) is 5.89. The molecule has 1 aromatic carbocycles. The van der Waals surface area contributed by atoms with Crippen molar-refractivity contribution < 1.29 is 4.79 Å². The molecule has 1 aliphatic carbocycles. The number of thiol groups is 1. The number of hydrogen-bond acceptors (Lipinski definition) is 8. The highest BCUT2D eigenvalue weighted by molar-refractivity contribution is 7.80. The normalized spacial score (nSPS) is 16.3. The monoisotopic (exact) mass is 484 g/mol. The summed E-state index contributed by atoms with van der Waals surface area (Å²) in [6.45, 7) is 1.85. The molecular formula is C24H32N6OS2. The molecule has 0 bridgehead atoms. The number of carbonyl (C=O) groups excluding carboxylic acids is 1. The maximum atomic E-state index is 10.3. The lowest BCUT2D eigenvalue weighted by Crippen LogP contribution is -2.41. The van der Waals surface area contributed by atoms with Crippen LogP contribution < -0.4 is 11.1 Å². The number of likely N-dealkylation sites (tertiary alicyclic amines) is 1. The molecule has 2 aromatic heterocycles. The minimum Gasteiger partial charge on any atom is -0.398 e. The van der Waals surface area contributed by atoms with Gasteiger partial charge in [0.2, 0.25) is 6.41 Å². The molecule has 3 N–H and O–H groups in total. The van der Waals surface area contributed by atoms with E-state index in [2.05, 4.69) is 46.9 Å². The number of carbonyl (C=O) groups is 1. The van der Waals surface area contributed by atoms with E-state index in [0.29, 0.717) is 11.7 Å². The molecule has 1 saturated heterocycles. The topological polar surface area (TPSA) is 87.4 Å². The van der Waals surface area contributed by atoms with Gasteiger partial charge in [0, 0.05) is 40.3 Å². The molecule has 9 heteroatoms. The average Bonchev–Trinajstić information content (AvgIpc) is 3.21. The van der Waals surface area contributed by atoms with Gasteiger partial charge >= 0.3 is 0 Å². The molecular weight excluding hydrogens is 452 g/mol. The quantitative estimate of drug-likeness (QED) is 0.290. The first kappa shape index (κ1) is 23.8. The highest BCUT2D eigenvalue weighted by Gasteiger charge is 2.20. The Labute approximate surface area is 204 Å². The summed E-state index contributed by atoms with van der Waals surface area (Å²) in [4.78, 5) is 26.7. The number of aromatic nitrogens is 2. The van der Waals surface area contributed by atoms with Crippen molar-refractivity contribution in [3.05, 3.63) is 35.0 Å². The standard InChI is InChI=1S/C16H16N4S2.C8H16N2O/c17-11-6-5-9(7-12(11)21)20-15-14-10-3-1-2-4-13(10)22-16(14)19-8-18-15;1-9(2)8-3-5-10(7-11)6-4-8/h5-8,21H,1-4,17H2,(H,18,19,20);7-8H,3-6H2,1-2H3. The number of benzene rings is 1. The third kappa shape index (κ3) is 5.59. The summed E-state index contributed by atoms with van der Waals surface area (Å²) in [5.41, 5.74) is 8.86. The van der Waals surface area contributed by atoms with Gasteiger partial charge in [0.05, 0.1) is 5.39 Å². The highest BCUT2D eigenvalue weighted by atomic mass is 32.1. The number of aryl methyl sites for hydroxylation is 2. The van der Waals surface area contributed by atoms with Crippen molar-refractivity contribution in [2.75, 3.05) is 38.2 Å². The second kappa shape index (κ2) is 10.7. The second-order valence-electron chi connectivity index (χ2n) is 8.85. The Kier molecular flexibility index (Phi) is 7.72. The number of piperidine rings is 1. The lowest BCUT2D eigenvalue weighted by molar-refractivity contribution is -0.119. The van der Waals surface area contributed by atoms with Crippen LogP contribution in [0, 0.1) is 0 Å². The molecule has 3 aromatic rings. The van der Waals surface area contributed by atoms with Crippen molar-refractivity contribution in [2.45, 2.75) is 49.5 Å². The number of nitrogens with zero attached hydrogens (tertiary/aromatic N) is 4. The third-order valence-corrected chi connectivity index (χ3v) is 8.01. The summed E-state index contributed by atoms with van der Waals surface area (Å²) in [5, 5.41) is 4.58. The van der Waals surface area contributed by atoms with Crippen LogP contribution in [-0.4, -0.2) is 59.4 Å². The van der Waals surface area contributed by atoms with Crippen molar-refractivity contribution in [1.82, 2.24) is 19.8 Å². The lowest BCUT2D eigenvalue weighted by atomic mass is 9.97. The van der Waals surface area contributed by atoms with Gasteiger partial charge in [-0.05, 0) is 76.4 Å². The molecule has 0 radical (unpaired) electrons. The molecule has 176 valence electrons. The molecule has 2 aliphatic rings. The fourth-order valence-electron chi connectivity index (χ4n) is 4.45. The Morgan fingerprint density at radius 2 is 1.97 bits per heavy atom. The number of thiophene rings is 1. The number of fused-ring (bicyclic) bond motifs is 3. The Bertz CT molecular complexity index is 1110. The largest absolute Gasteiger partial charge is 0.398 e. The fraction of sp³-hybridized carbons (Fsp3) is 0.458. The molecule has 1 fully saturated rings. The number of nitrogens with one attached hydrogen (secondary N) is 1. The van der Waals surface area contributed by atoms with Crippen LogP contribution in [0.2, 0.25) is 0 Å². The van der Waals surface area contributed by atoms with Crippen LogP contribution in [0.15, 0.2) is 29.4 Å².